The number of benzene rings is 9. The van der Waals surface area contributed by atoms with Gasteiger partial charge in [0.1, 0.15) is 17.5 Å². The summed E-state index contributed by atoms with van der Waals surface area (Å²) in [7, 11) is 0. The number of hydrogen-bond donors (Lipinski definition) is 13. The summed E-state index contributed by atoms with van der Waals surface area (Å²) in [5.41, 5.74) is 80.2. The third-order valence-corrected chi connectivity index (χ3v) is 11.4. The first-order valence-electron chi connectivity index (χ1n) is 23.9. The highest BCUT2D eigenvalue weighted by Gasteiger charge is 2.11. The Morgan fingerprint density at radius 3 is 1.12 bits per heavy atom. The lowest BCUT2D eigenvalue weighted by molar-refractivity contribution is 1.34. The van der Waals surface area contributed by atoms with Gasteiger partial charge >= 0.3 is 0 Å². The summed E-state index contributed by atoms with van der Waals surface area (Å²) in [5, 5.41) is 7.77. The van der Waals surface area contributed by atoms with Crippen LogP contribution in [0.1, 0.15) is 0 Å². The first-order chi connectivity index (χ1) is 37.1. The molecule has 3 aromatic heterocycles. The summed E-state index contributed by atoms with van der Waals surface area (Å²) in [6.45, 7) is 0. The first-order valence-corrected chi connectivity index (χ1v) is 23.9. The number of hydrogen-bond acceptors (Lipinski definition) is 17. The highest BCUT2D eigenvalue weighted by molar-refractivity contribution is 6.10. The van der Waals surface area contributed by atoms with Crippen LogP contribution in [-0.4, -0.2) is 19.9 Å². The molecule has 0 atom stereocenters. The van der Waals surface area contributed by atoms with Crippen LogP contribution in [0.2, 0.25) is 0 Å². The van der Waals surface area contributed by atoms with Crippen molar-refractivity contribution in [2.24, 2.45) is 0 Å². The Morgan fingerprint density at radius 1 is 0.273 bits per heavy atom. The largest absolute Gasteiger partial charge is 0.399 e. The fraction of sp³-hybridized carbons (Fsp3) is 0. The maximum Gasteiger partial charge on any atom is 0.146 e. The molecule has 0 spiro atoms. The molecule has 0 unspecified atom stereocenters. The standard InChI is InChI=1S/C20H16N2.C12H10N4.C12H12N2.C6H9N3.2C5H7N3/c21-19-11-9-15(13-5-1-3-7-17(13)19)16-10-12-20(22)18-8-4-2-6-14(16)18;13-7-5-11-12(6-8(7)14)16-10-4-2-1-3-9(10)15-11;13-10-6-8-12(9-7-10)14-11-4-2-1-3-5-11;7-4-1-5(8)3-6(9)2-4;6-4-2-1-3-8-5(4)7;6-4-2-1-3-5(7)8-4/h1-12H,21-22H2;1-6H,13-14H2;1-9,14H,13H2;1-3H,7-9H2;1-3H,6H2,(H2,7,8);1-3H,(H4,6,7,8). The van der Waals surface area contributed by atoms with Gasteiger partial charge in [-0.2, -0.15) is 0 Å². The van der Waals surface area contributed by atoms with Gasteiger partial charge in [-0.25, -0.2) is 19.9 Å². The Hall–Kier alpha value is -11.2. The fourth-order valence-corrected chi connectivity index (χ4v) is 7.67. The number of rotatable bonds is 3. The van der Waals surface area contributed by atoms with E-state index in [0.717, 1.165) is 72.0 Å². The second-order valence-corrected chi connectivity index (χ2v) is 17.2. The number of nitrogens with two attached hydrogens (primary N) is 12. The van der Waals surface area contributed by atoms with Crippen molar-refractivity contribution in [3.8, 4) is 11.1 Å². The van der Waals surface area contributed by atoms with Gasteiger partial charge in [-0.3, -0.25) is 0 Å². The summed E-state index contributed by atoms with van der Waals surface area (Å²) >= 11 is 0. The molecule has 12 rings (SSSR count). The molecule has 0 aliphatic carbocycles. The number of anilines is 14. The van der Waals surface area contributed by atoms with Gasteiger partial charge in [-0.05, 0) is 137 Å². The maximum absolute atomic E-state index is 6.12. The van der Waals surface area contributed by atoms with Gasteiger partial charge < -0.3 is 74.1 Å². The van der Waals surface area contributed by atoms with E-state index in [-0.39, 0.29) is 0 Å². The zero-order valence-corrected chi connectivity index (χ0v) is 42.0. The average molecular weight is 1020 g/mol. The minimum Gasteiger partial charge on any atom is -0.399 e. The maximum atomic E-state index is 6.12. The molecule has 17 nitrogen and oxygen atoms in total. The number of pyridine rings is 2. The van der Waals surface area contributed by atoms with Crippen molar-refractivity contribution >= 4 is 124 Å². The Balaban J connectivity index is 0.000000140. The summed E-state index contributed by atoms with van der Waals surface area (Å²) < 4.78 is 0. The summed E-state index contributed by atoms with van der Waals surface area (Å²) in [5.74, 6) is 1.32. The Kier molecular flexibility index (Phi) is 17.7. The zero-order valence-electron chi connectivity index (χ0n) is 42.0. The van der Waals surface area contributed by atoms with Crippen molar-refractivity contribution in [2.45, 2.75) is 0 Å². The summed E-state index contributed by atoms with van der Waals surface area (Å²) in [6, 6.07) is 67.2. The Morgan fingerprint density at radius 2 is 0.701 bits per heavy atom. The van der Waals surface area contributed by atoms with E-state index in [9.17, 15) is 0 Å². The van der Waals surface area contributed by atoms with Crippen LogP contribution in [0.3, 0.4) is 0 Å². The highest BCUT2D eigenvalue weighted by Crippen LogP contribution is 2.37. The number of aromatic nitrogens is 4. The first kappa shape index (κ1) is 53.6. The van der Waals surface area contributed by atoms with Gasteiger partial charge in [0.05, 0.1) is 39.1 Å². The number of fused-ring (bicyclic) bond motifs is 4. The molecule has 0 saturated carbocycles. The minimum atomic E-state index is 0.396. The molecule has 12 aromatic rings. The van der Waals surface area contributed by atoms with Crippen LogP contribution in [0.25, 0.3) is 54.7 Å². The van der Waals surface area contributed by atoms with Crippen LogP contribution in [0.15, 0.2) is 219 Å². The Labute approximate surface area is 445 Å². The van der Waals surface area contributed by atoms with Crippen LogP contribution < -0.4 is 74.1 Å². The highest BCUT2D eigenvalue weighted by atomic mass is 14.9. The second kappa shape index (κ2) is 25.5. The molecule has 0 fully saturated rings. The van der Waals surface area contributed by atoms with E-state index < -0.39 is 0 Å². The van der Waals surface area contributed by atoms with Crippen LogP contribution in [-0.2, 0) is 0 Å². The van der Waals surface area contributed by atoms with Crippen molar-refractivity contribution in [1.29, 1.82) is 0 Å². The molecule has 25 N–H and O–H groups in total. The van der Waals surface area contributed by atoms with Gasteiger partial charge in [0.2, 0.25) is 0 Å². The molecule has 17 heteroatoms. The van der Waals surface area contributed by atoms with E-state index in [1.165, 1.54) is 11.1 Å². The van der Waals surface area contributed by atoms with E-state index in [1.54, 1.807) is 66.9 Å². The van der Waals surface area contributed by atoms with Gasteiger partial charge in [-0.15, -0.1) is 0 Å². The molecule has 0 saturated heterocycles. The van der Waals surface area contributed by atoms with Crippen molar-refractivity contribution in [3.05, 3.63) is 219 Å². The number of nitrogen functional groups attached to an aromatic ring is 12. The van der Waals surface area contributed by atoms with E-state index in [1.807, 2.05) is 115 Å². The lowest BCUT2D eigenvalue weighted by Gasteiger charge is -2.13. The number of nitrogens with one attached hydrogen (secondary N) is 1. The molecule has 0 amide bonds. The van der Waals surface area contributed by atoms with Crippen molar-refractivity contribution in [1.82, 2.24) is 19.9 Å². The monoisotopic (exact) mass is 1020 g/mol. The quantitative estimate of drug-likeness (QED) is 0.0577. The van der Waals surface area contributed by atoms with Crippen molar-refractivity contribution < 1.29 is 0 Å². The van der Waals surface area contributed by atoms with Gasteiger partial charge in [0, 0.05) is 62.5 Å². The molecular weight excluding hydrogens is 959 g/mol. The SMILES string of the molecule is Nc1cc(N)cc(N)c1.Nc1cc2nc3ccccc3nc2cc1N.Nc1ccc(-c2ccc(N)c3ccccc23)c2ccccc12.Nc1ccc(Nc2ccccc2)cc1.Nc1cccc(N)n1.Nc1cccnc1N. The molecule has 386 valence electrons. The molecule has 0 aliphatic rings. The molecule has 0 aliphatic heterocycles. The third-order valence-electron chi connectivity index (χ3n) is 11.4. The smallest absolute Gasteiger partial charge is 0.146 e. The predicted molar refractivity (Wildman–Crippen MR) is 328 cm³/mol. The molecule has 9 aromatic carbocycles. The topological polar surface area (TPSA) is 376 Å². The molecule has 0 radical (unpaired) electrons. The fourth-order valence-electron chi connectivity index (χ4n) is 7.67. The van der Waals surface area contributed by atoms with E-state index >= 15 is 0 Å². The van der Waals surface area contributed by atoms with Gasteiger partial charge in [0.25, 0.3) is 0 Å². The lowest BCUT2D eigenvalue weighted by Crippen LogP contribution is -1.96. The predicted octanol–water partition coefficient (Wildman–Crippen LogP) is 10.7. The van der Waals surface area contributed by atoms with Crippen LogP contribution in [0.4, 0.5) is 80.0 Å². The van der Waals surface area contributed by atoms with Crippen molar-refractivity contribution in [3.63, 3.8) is 0 Å². The van der Waals surface area contributed by atoms with Gasteiger partial charge in [0.15, 0.2) is 0 Å². The summed E-state index contributed by atoms with van der Waals surface area (Å²) in [4.78, 5) is 16.4. The average Bonchev–Trinajstić information content (AvgIpc) is 3.44. The van der Waals surface area contributed by atoms with E-state index in [0.29, 0.717) is 51.6 Å². The normalized spacial score (nSPS) is 10.2. The van der Waals surface area contributed by atoms with Crippen molar-refractivity contribution in [2.75, 3.05) is 74.1 Å². The summed E-state index contributed by atoms with van der Waals surface area (Å²) in [6.07, 6.45) is 1.60. The number of nitrogens with zero attached hydrogens (tertiary/aromatic N) is 4. The number of para-hydroxylation sites is 3. The minimum absolute atomic E-state index is 0.396. The molecular formula is C60H61N17. The van der Waals surface area contributed by atoms with E-state index in [2.05, 4.69) is 61.7 Å². The Bertz CT molecular complexity index is 3660. The van der Waals surface area contributed by atoms with Crippen LogP contribution >= 0.6 is 0 Å². The second-order valence-electron chi connectivity index (χ2n) is 17.2. The zero-order chi connectivity index (χ0) is 54.8. The molecule has 77 heavy (non-hydrogen) atoms. The third kappa shape index (κ3) is 14.9. The molecule has 0 bridgehead atoms. The van der Waals surface area contributed by atoms with Crippen LogP contribution in [0, 0.1) is 0 Å². The van der Waals surface area contributed by atoms with Crippen LogP contribution in [0.5, 0.6) is 0 Å². The van der Waals surface area contributed by atoms with Gasteiger partial charge in [-0.1, -0.05) is 97.1 Å². The van der Waals surface area contributed by atoms with E-state index in [4.69, 9.17) is 68.8 Å². The molecule has 3 heterocycles. The lowest BCUT2D eigenvalue weighted by atomic mass is 9.93.